The van der Waals surface area contributed by atoms with Gasteiger partial charge in [-0.25, -0.2) is 0 Å². The quantitative estimate of drug-likeness (QED) is 0.387. The highest BCUT2D eigenvalue weighted by atomic mass is 14.5. The summed E-state index contributed by atoms with van der Waals surface area (Å²) in [7, 11) is 0. The molecule has 21 heavy (non-hydrogen) atoms. The van der Waals surface area contributed by atoms with Crippen LogP contribution in [0.4, 0.5) is 0 Å². The molecule has 0 heterocycles. The first-order valence-corrected chi connectivity index (χ1v) is 9.54. The van der Waals surface area contributed by atoms with Crippen molar-refractivity contribution in [1.82, 2.24) is 0 Å². The largest absolute Gasteiger partial charge is 0.0649 e. The predicted octanol–water partition coefficient (Wildman–Crippen LogP) is 7.72. The van der Waals surface area contributed by atoms with Gasteiger partial charge in [0.1, 0.15) is 0 Å². The third kappa shape index (κ3) is 4.73. The number of hydrogen-bond donors (Lipinski definition) is 0. The zero-order chi connectivity index (χ0) is 16.9. The highest BCUT2D eigenvalue weighted by Crippen LogP contribution is 2.57. The van der Waals surface area contributed by atoms with E-state index in [1.807, 2.05) is 0 Å². The smallest absolute Gasteiger partial charge is 0.0241 e. The van der Waals surface area contributed by atoms with Gasteiger partial charge < -0.3 is 0 Å². The van der Waals surface area contributed by atoms with Crippen molar-refractivity contribution in [2.24, 2.45) is 28.1 Å². The van der Waals surface area contributed by atoms with Crippen LogP contribution in [0.5, 0.6) is 0 Å². The molecular formula is C21H44. The molecule has 0 aliphatic rings. The van der Waals surface area contributed by atoms with Gasteiger partial charge in [0.2, 0.25) is 0 Å². The summed E-state index contributed by atoms with van der Waals surface area (Å²) in [4.78, 5) is 0. The van der Waals surface area contributed by atoms with Crippen LogP contribution in [0.1, 0.15) is 108 Å². The van der Waals surface area contributed by atoms with Gasteiger partial charge in [0.05, 0.1) is 0 Å². The molecule has 0 fully saturated rings. The second-order valence-corrected chi connectivity index (χ2v) is 8.91. The minimum atomic E-state index is 0.432. The molecule has 2 unspecified atom stereocenters. The SMILES string of the molecule is CCC(C)(CC)CC(C)(C(C)CC(C)C)C(C)(CC)CC. The van der Waals surface area contributed by atoms with E-state index in [1.165, 1.54) is 38.5 Å². The summed E-state index contributed by atoms with van der Waals surface area (Å²) in [6.45, 7) is 24.5. The lowest BCUT2D eigenvalue weighted by Crippen LogP contribution is -2.45. The number of rotatable bonds is 10. The Morgan fingerprint density at radius 3 is 1.43 bits per heavy atom. The summed E-state index contributed by atoms with van der Waals surface area (Å²) in [5.74, 6) is 1.59. The van der Waals surface area contributed by atoms with Gasteiger partial charge in [0.15, 0.2) is 0 Å². The van der Waals surface area contributed by atoms with Gasteiger partial charge in [-0.1, -0.05) is 94.9 Å². The maximum atomic E-state index is 2.61. The Labute approximate surface area is 136 Å². The molecule has 0 aromatic carbocycles. The van der Waals surface area contributed by atoms with E-state index in [4.69, 9.17) is 0 Å². The van der Waals surface area contributed by atoms with E-state index < -0.39 is 0 Å². The fraction of sp³-hybridized carbons (Fsp3) is 1.00. The van der Waals surface area contributed by atoms with Gasteiger partial charge >= 0.3 is 0 Å². The Morgan fingerprint density at radius 1 is 0.714 bits per heavy atom. The molecule has 0 saturated heterocycles. The molecule has 0 aromatic rings. The van der Waals surface area contributed by atoms with Crippen molar-refractivity contribution in [3.05, 3.63) is 0 Å². The molecule has 0 aliphatic carbocycles. The summed E-state index contributed by atoms with van der Waals surface area (Å²) in [5, 5.41) is 0. The van der Waals surface area contributed by atoms with Gasteiger partial charge in [-0.2, -0.15) is 0 Å². The lowest BCUT2D eigenvalue weighted by molar-refractivity contribution is -0.0454. The second-order valence-electron chi connectivity index (χ2n) is 8.91. The normalized spacial score (nSPS) is 17.9. The fourth-order valence-corrected chi connectivity index (χ4v) is 4.39. The average Bonchev–Trinajstić information content (AvgIpc) is 2.45. The molecule has 0 amide bonds. The van der Waals surface area contributed by atoms with E-state index in [1.54, 1.807) is 0 Å². The van der Waals surface area contributed by atoms with Crippen LogP contribution in [0, 0.1) is 28.1 Å². The van der Waals surface area contributed by atoms with Gasteiger partial charge in [0, 0.05) is 0 Å². The van der Waals surface area contributed by atoms with Crippen LogP contribution in [0.3, 0.4) is 0 Å². The Morgan fingerprint density at radius 2 is 1.14 bits per heavy atom. The van der Waals surface area contributed by atoms with Gasteiger partial charge in [-0.15, -0.1) is 0 Å². The zero-order valence-corrected chi connectivity index (χ0v) is 16.9. The molecule has 0 N–H and O–H groups in total. The summed E-state index contributed by atoms with van der Waals surface area (Å²) >= 11 is 0. The topological polar surface area (TPSA) is 0 Å². The zero-order valence-electron chi connectivity index (χ0n) is 16.9. The van der Waals surface area contributed by atoms with E-state index >= 15 is 0 Å². The Bertz CT molecular complexity index is 280. The molecule has 0 aliphatic heterocycles. The minimum absolute atomic E-state index is 0.432. The molecule has 0 heteroatoms. The first kappa shape index (κ1) is 21.0. The summed E-state index contributed by atoms with van der Waals surface area (Å²) < 4.78 is 0. The van der Waals surface area contributed by atoms with E-state index in [0.717, 1.165) is 11.8 Å². The Balaban J connectivity index is 5.65. The van der Waals surface area contributed by atoms with Crippen molar-refractivity contribution in [3.63, 3.8) is 0 Å². The highest BCUT2D eigenvalue weighted by molar-refractivity contribution is 4.97. The van der Waals surface area contributed by atoms with Crippen LogP contribution in [0.15, 0.2) is 0 Å². The van der Waals surface area contributed by atoms with Crippen LogP contribution < -0.4 is 0 Å². The van der Waals surface area contributed by atoms with Crippen molar-refractivity contribution in [2.45, 2.75) is 108 Å². The summed E-state index contributed by atoms with van der Waals surface area (Å²) in [6, 6.07) is 0. The molecule has 0 nitrogen and oxygen atoms in total. The maximum absolute atomic E-state index is 2.61. The van der Waals surface area contributed by atoms with Crippen molar-refractivity contribution in [2.75, 3.05) is 0 Å². The van der Waals surface area contributed by atoms with E-state index in [9.17, 15) is 0 Å². The molecule has 0 rings (SSSR count). The van der Waals surface area contributed by atoms with Crippen molar-refractivity contribution < 1.29 is 0 Å². The van der Waals surface area contributed by atoms with E-state index in [-0.39, 0.29) is 0 Å². The third-order valence-electron chi connectivity index (χ3n) is 7.35. The lowest BCUT2D eigenvalue weighted by Gasteiger charge is -2.54. The van der Waals surface area contributed by atoms with Crippen molar-refractivity contribution in [3.8, 4) is 0 Å². The summed E-state index contributed by atoms with van der Waals surface area (Å²) in [6.07, 6.45) is 7.93. The molecule has 0 bridgehead atoms. The second kappa shape index (κ2) is 8.02. The van der Waals surface area contributed by atoms with Crippen LogP contribution >= 0.6 is 0 Å². The molecule has 128 valence electrons. The molecule has 0 spiro atoms. The average molecular weight is 297 g/mol. The molecular weight excluding hydrogens is 252 g/mol. The standard InChI is InChI=1S/C21H44/c1-11-19(8,12-2)16-21(10,18(7)15-17(5)6)20(9,13-3)14-4/h17-18H,11-16H2,1-10H3. The van der Waals surface area contributed by atoms with Gasteiger partial charge in [0.25, 0.3) is 0 Å². The Hall–Kier alpha value is 0. The first-order chi connectivity index (χ1) is 9.54. The Kier molecular flexibility index (Phi) is 8.02. The molecule has 2 atom stereocenters. The number of hydrogen-bond acceptors (Lipinski definition) is 0. The van der Waals surface area contributed by atoms with Crippen LogP contribution in [-0.4, -0.2) is 0 Å². The van der Waals surface area contributed by atoms with Crippen LogP contribution in [0.2, 0.25) is 0 Å². The maximum Gasteiger partial charge on any atom is -0.0241 e. The predicted molar refractivity (Wildman–Crippen MR) is 98.7 cm³/mol. The van der Waals surface area contributed by atoms with Gasteiger partial charge in [-0.05, 0) is 40.9 Å². The monoisotopic (exact) mass is 296 g/mol. The third-order valence-corrected chi connectivity index (χ3v) is 7.35. The van der Waals surface area contributed by atoms with E-state index in [2.05, 4.69) is 69.2 Å². The van der Waals surface area contributed by atoms with Crippen molar-refractivity contribution in [1.29, 1.82) is 0 Å². The molecule has 0 saturated carbocycles. The van der Waals surface area contributed by atoms with Crippen molar-refractivity contribution >= 4 is 0 Å². The lowest BCUT2D eigenvalue weighted by atomic mass is 9.51. The van der Waals surface area contributed by atoms with E-state index in [0.29, 0.717) is 16.2 Å². The van der Waals surface area contributed by atoms with Crippen LogP contribution in [0.25, 0.3) is 0 Å². The fourth-order valence-electron chi connectivity index (χ4n) is 4.39. The summed E-state index contributed by atoms with van der Waals surface area (Å²) in [5.41, 5.74) is 1.38. The molecule has 0 aromatic heterocycles. The van der Waals surface area contributed by atoms with Crippen LogP contribution in [-0.2, 0) is 0 Å². The first-order valence-electron chi connectivity index (χ1n) is 9.54. The van der Waals surface area contributed by atoms with Gasteiger partial charge in [-0.3, -0.25) is 0 Å². The minimum Gasteiger partial charge on any atom is -0.0649 e. The molecule has 0 radical (unpaired) electrons. The highest BCUT2D eigenvalue weighted by Gasteiger charge is 2.48.